The van der Waals surface area contributed by atoms with Crippen LogP contribution in [0.1, 0.15) is 59.4 Å². The summed E-state index contributed by atoms with van der Waals surface area (Å²) in [5.41, 5.74) is 1.04. The first-order chi connectivity index (χ1) is 10.3. The van der Waals surface area contributed by atoms with Gasteiger partial charge in [0.15, 0.2) is 0 Å². The topological polar surface area (TPSA) is 47.6 Å². The van der Waals surface area contributed by atoms with Crippen molar-refractivity contribution in [3.8, 4) is 11.5 Å². The van der Waals surface area contributed by atoms with E-state index < -0.39 is 0 Å². The van der Waals surface area contributed by atoms with Gasteiger partial charge < -0.3 is 14.8 Å². The molecule has 1 atom stereocenters. The van der Waals surface area contributed by atoms with Crippen molar-refractivity contribution in [1.82, 2.24) is 5.32 Å². The highest BCUT2D eigenvalue weighted by atomic mass is 16.5. The first-order valence-corrected chi connectivity index (χ1v) is 8.07. The van der Waals surface area contributed by atoms with Crippen molar-refractivity contribution in [2.45, 2.75) is 66.1 Å². The third-order valence-electron chi connectivity index (χ3n) is 3.12. The van der Waals surface area contributed by atoms with Gasteiger partial charge >= 0.3 is 0 Å². The Morgan fingerprint density at radius 1 is 1.09 bits per heavy atom. The lowest BCUT2D eigenvalue weighted by Crippen LogP contribution is -2.24. The molecule has 124 valence electrons. The predicted octanol–water partition coefficient (Wildman–Crippen LogP) is 3.89. The minimum absolute atomic E-state index is 0.0630. The molecule has 0 fully saturated rings. The monoisotopic (exact) mass is 307 g/mol. The molecular weight excluding hydrogens is 278 g/mol. The summed E-state index contributed by atoms with van der Waals surface area (Å²) >= 11 is 0. The summed E-state index contributed by atoms with van der Waals surface area (Å²) in [6.07, 6.45) is 0.641. The molecule has 0 spiro atoms. The molecule has 0 aliphatic heterocycles. The van der Waals surface area contributed by atoms with E-state index in [1.54, 1.807) is 0 Å². The van der Waals surface area contributed by atoms with Crippen molar-refractivity contribution in [2.24, 2.45) is 0 Å². The van der Waals surface area contributed by atoms with Gasteiger partial charge in [-0.25, -0.2) is 0 Å². The van der Waals surface area contributed by atoms with Crippen molar-refractivity contribution in [1.29, 1.82) is 0 Å². The molecule has 0 aliphatic carbocycles. The van der Waals surface area contributed by atoms with E-state index in [4.69, 9.17) is 9.47 Å². The highest BCUT2D eigenvalue weighted by Crippen LogP contribution is 2.33. The molecule has 0 aliphatic rings. The molecule has 0 radical (unpaired) electrons. The van der Waals surface area contributed by atoms with E-state index in [2.05, 4.69) is 5.32 Å². The van der Waals surface area contributed by atoms with Crippen LogP contribution in [0.3, 0.4) is 0 Å². The molecule has 1 aromatic rings. The quantitative estimate of drug-likeness (QED) is 0.792. The van der Waals surface area contributed by atoms with Gasteiger partial charge in [-0.15, -0.1) is 0 Å². The summed E-state index contributed by atoms with van der Waals surface area (Å²) in [6.45, 7) is 12.6. The third-order valence-corrected chi connectivity index (χ3v) is 3.12. The van der Waals surface area contributed by atoms with Crippen molar-refractivity contribution in [3.05, 3.63) is 23.8 Å². The van der Waals surface area contributed by atoms with Crippen LogP contribution in [0.25, 0.3) is 0 Å². The summed E-state index contributed by atoms with van der Waals surface area (Å²) in [5.74, 6) is 1.74. The predicted molar refractivity (Wildman–Crippen MR) is 89.7 cm³/mol. The number of hydrogen-bond acceptors (Lipinski definition) is 3. The molecule has 4 nitrogen and oxygen atoms in total. The summed E-state index contributed by atoms with van der Waals surface area (Å²) in [5, 5.41) is 2.84. The molecule has 0 heterocycles. The highest BCUT2D eigenvalue weighted by molar-refractivity contribution is 5.76. The van der Waals surface area contributed by atoms with Gasteiger partial charge in [-0.2, -0.15) is 0 Å². The van der Waals surface area contributed by atoms with Crippen molar-refractivity contribution >= 4 is 5.91 Å². The Balaban J connectivity index is 2.98. The van der Waals surface area contributed by atoms with Gasteiger partial charge in [-0.1, -0.05) is 13.0 Å². The number of hydrogen-bond donors (Lipinski definition) is 1. The van der Waals surface area contributed by atoms with Gasteiger partial charge in [-0.3, -0.25) is 4.79 Å². The van der Waals surface area contributed by atoms with E-state index in [-0.39, 0.29) is 24.0 Å². The Morgan fingerprint density at radius 3 is 2.27 bits per heavy atom. The lowest BCUT2D eigenvalue weighted by molar-refractivity contribution is -0.121. The SMILES string of the molecule is CCNC(=O)CC(C)c1ccc(OC(C)C)cc1OC(C)C. The summed E-state index contributed by atoms with van der Waals surface area (Å²) < 4.78 is 11.7. The molecule has 1 aromatic carbocycles. The average molecular weight is 307 g/mol. The van der Waals surface area contributed by atoms with Crippen LogP contribution in [0.2, 0.25) is 0 Å². The fraction of sp³-hybridized carbons (Fsp3) is 0.611. The van der Waals surface area contributed by atoms with Crippen LogP contribution < -0.4 is 14.8 Å². The second-order valence-electron chi connectivity index (χ2n) is 6.09. The highest BCUT2D eigenvalue weighted by Gasteiger charge is 2.17. The van der Waals surface area contributed by atoms with E-state index in [1.165, 1.54) is 0 Å². The molecule has 4 heteroatoms. The van der Waals surface area contributed by atoms with Crippen LogP contribution >= 0.6 is 0 Å². The lowest BCUT2D eigenvalue weighted by atomic mass is 9.96. The van der Waals surface area contributed by atoms with E-state index >= 15 is 0 Å². The molecule has 0 saturated heterocycles. The number of nitrogens with one attached hydrogen (secondary N) is 1. The van der Waals surface area contributed by atoms with Crippen molar-refractivity contribution < 1.29 is 14.3 Å². The minimum Gasteiger partial charge on any atom is -0.491 e. The van der Waals surface area contributed by atoms with Gasteiger partial charge in [0, 0.05) is 19.0 Å². The molecule has 0 bridgehead atoms. The molecule has 1 unspecified atom stereocenters. The molecular formula is C18H29NO3. The second kappa shape index (κ2) is 8.66. The number of ether oxygens (including phenoxy) is 2. The standard InChI is InChI=1S/C18H29NO3/c1-7-19-18(20)10-14(6)16-9-8-15(21-12(2)3)11-17(16)22-13(4)5/h8-9,11-14H,7,10H2,1-6H3,(H,19,20). The number of rotatable bonds is 8. The number of benzene rings is 1. The second-order valence-corrected chi connectivity index (χ2v) is 6.09. The largest absolute Gasteiger partial charge is 0.491 e. The van der Waals surface area contributed by atoms with Crippen LogP contribution in [0.4, 0.5) is 0 Å². The molecule has 1 amide bonds. The van der Waals surface area contributed by atoms with Crippen LogP contribution in [0.15, 0.2) is 18.2 Å². The van der Waals surface area contributed by atoms with Crippen molar-refractivity contribution in [3.63, 3.8) is 0 Å². The number of carbonyl (C=O) groups is 1. The average Bonchev–Trinajstić information content (AvgIpc) is 2.37. The van der Waals surface area contributed by atoms with Gasteiger partial charge in [0.25, 0.3) is 0 Å². The maximum Gasteiger partial charge on any atom is 0.220 e. The molecule has 0 saturated carbocycles. The van der Waals surface area contributed by atoms with Gasteiger partial charge in [0.1, 0.15) is 11.5 Å². The Labute approximate surface area is 134 Å². The number of amides is 1. The fourth-order valence-corrected chi connectivity index (χ4v) is 2.28. The Morgan fingerprint density at radius 2 is 1.73 bits per heavy atom. The molecule has 1 N–H and O–H groups in total. The van der Waals surface area contributed by atoms with E-state index in [9.17, 15) is 4.79 Å². The van der Waals surface area contributed by atoms with Crippen LogP contribution in [-0.2, 0) is 4.79 Å². The zero-order chi connectivity index (χ0) is 16.7. The molecule has 0 aromatic heterocycles. The zero-order valence-electron chi connectivity index (χ0n) is 14.6. The van der Waals surface area contributed by atoms with Crippen LogP contribution in [0, 0.1) is 0 Å². The van der Waals surface area contributed by atoms with E-state index in [0.29, 0.717) is 13.0 Å². The van der Waals surface area contributed by atoms with Crippen molar-refractivity contribution in [2.75, 3.05) is 6.54 Å². The Bertz CT molecular complexity index is 483. The first-order valence-electron chi connectivity index (χ1n) is 8.07. The van der Waals surface area contributed by atoms with Crippen LogP contribution in [0.5, 0.6) is 11.5 Å². The normalized spacial score (nSPS) is 12.4. The van der Waals surface area contributed by atoms with E-state index in [0.717, 1.165) is 17.1 Å². The lowest BCUT2D eigenvalue weighted by Gasteiger charge is -2.20. The summed E-state index contributed by atoms with van der Waals surface area (Å²) in [4.78, 5) is 11.8. The van der Waals surface area contributed by atoms with E-state index in [1.807, 2.05) is 59.7 Å². The summed E-state index contributed by atoms with van der Waals surface area (Å²) in [6, 6.07) is 5.86. The fourth-order valence-electron chi connectivity index (χ4n) is 2.28. The smallest absolute Gasteiger partial charge is 0.220 e. The molecule has 22 heavy (non-hydrogen) atoms. The minimum atomic E-state index is 0.0630. The Hall–Kier alpha value is -1.71. The Kier molecular flexibility index (Phi) is 7.22. The van der Waals surface area contributed by atoms with Gasteiger partial charge in [0.2, 0.25) is 5.91 Å². The maximum atomic E-state index is 11.8. The zero-order valence-corrected chi connectivity index (χ0v) is 14.6. The third kappa shape index (κ3) is 5.96. The van der Waals surface area contributed by atoms with Crippen LogP contribution in [-0.4, -0.2) is 24.7 Å². The molecule has 1 rings (SSSR count). The van der Waals surface area contributed by atoms with Gasteiger partial charge in [0.05, 0.1) is 12.2 Å². The van der Waals surface area contributed by atoms with Gasteiger partial charge in [-0.05, 0) is 52.2 Å². The number of carbonyl (C=O) groups excluding carboxylic acids is 1. The summed E-state index contributed by atoms with van der Waals surface area (Å²) in [7, 11) is 0. The maximum absolute atomic E-state index is 11.8. The first kappa shape index (κ1) is 18.3.